The lowest BCUT2D eigenvalue weighted by Gasteiger charge is -2.33. The molecule has 0 spiro atoms. The maximum atomic E-state index is 11.9. The van der Waals surface area contributed by atoms with Crippen molar-refractivity contribution in [3.63, 3.8) is 0 Å². The van der Waals surface area contributed by atoms with Crippen molar-refractivity contribution in [2.24, 2.45) is 17.3 Å². The largest absolute Gasteiger partial charge is 0.385 e. The molecule has 9 nitrogen and oxygen atoms in total. The third-order valence-corrected chi connectivity index (χ3v) is 16.7. The Kier molecular flexibility index (Phi) is 15.0. The van der Waals surface area contributed by atoms with E-state index < -0.39 is 31.1 Å². The first kappa shape index (κ1) is 52.1. The minimum atomic E-state index is -4.10. The average Bonchev–Trinajstić information content (AvgIpc) is 3.79. The lowest BCUT2D eigenvalue weighted by Crippen LogP contribution is -2.25. The molecule has 3 aliphatic carbocycles. The highest BCUT2D eigenvalue weighted by atomic mass is 32.2. The van der Waals surface area contributed by atoms with Gasteiger partial charge in [-0.1, -0.05) is 175 Å². The molecule has 74 heavy (non-hydrogen) atoms. The van der Waals surface area contributed by atoms with Crippen LogP contribution in [0.5, 0.6) is 0 Å². The molecule has 382 valence electrons. The van der Waals surface area contributed by atoms with Crippen LogP contribution in [0.2, 0.25) is 0 Å². The molecule has 2 atom stereocenters. The number of para-hydroxylation sites is 2. The van der Waals surface area contributed by atoms with Gasteiger partial charge < -0.3 is 15.1 Å². The second-order valence-electron chi connectivity index (χ2n) is 20.8. The normalized spacial score (nSPS) is 19.4. The summed E-state index contributed by atoms with van der Waals surface area (Å²) >= 11 is 0. The first-order valence-corrected chi connectivity index (χ1v) is 28.9. The average molecular weight is 1030 g/mol. The number of nitrogens with zero attached hydrogens (tertiary/aromatic N) is 2. The molecule has 2 unspecified atom stereocenters. The zero-order valence-corrected chi connectivity index (χ0v) is 44.6. The summed E-state index contributed by atoms with van der Waals surface area (Å²) in [6.07, 6.45) is 22.0. The molecule has 0 aromatic heterocycles. The molecule has 9 rings (SSSR count). The fourth-order valence-electron chi connectivity index (χ4n) is 11.3. The zero-order valence-electron chi connectivity index (χ0n) is 43.0. The summed E-state index contributed by atoms with van der Waals surface area (Å²) in [5.74, 6) is 0.0306. The van der Waals surface area contributed by atoms with E-state index in [9.17, 15) is 25.9 Å². The fourth-order valence-corrected chi connectivity index (χ4v) is 12.5. The quantitative estimate of drug-likeness (QED) is 0.0421. The van der Waals surface area contributed by atoms with Gasteiger partial charge in [0.15, 0.2) is 0 Å². The maximum Gasteiger partial charge on any atom is 0.264 e. The summed E-state index contributed by atoms with van der Waals surface area (Å²) in [5, 5.41) is 5.79. The molecule has 0 radical (unpaired) electrons. The van der Waals surface area contributed by atoms with Crippen LogP contribution in [0.4, 0.5) is 17.1 Å². The van der Waals surface area contributed by atoms with Gasteiger partial charge >= 0.3 is 0 Å². The van der Waals surface area contributed by atoms with E-state index in [0.717, 1.165) is 78.3 Å². The van der Waals surface area contributed by atoms with Gasteiger partial charge in [0.2, 0.25) is 0 Å². The number of anilines is 3. The Bertz CT molecular complexity index is 3430. The van der Waals surface area contributed by atoms with Crippen molar-refractivity contribution in [3.8, 4) is 0 Å². The molecule has 4 aliphatic rings. The predicted molar refractivity (Wildman–Crippen MR) is 306 cm³/mol. The molecule has 0 bridgehead atoms. The Hall–Kier alpha value is -6.76. The Morgan fingerprint density at radius 2 is 1.39 bits per heavy atom. The van der Waals surface area contributed by atoms with Gasteiger partial charge in [-0.3, -0.25) is 9.11 Å². The number of fused-ring (bicyclic) bond motifs is 4. The van der Waals surface area contributed by atoms with Crippen LogP contribution in [-0.2, 0) is 25.7 Å². The van der Waals surface area contributed by atoms with E-state index in [1.807, 2.05) is 24.3 Å². The third kappa shape index (κ3) is 10.8. The number of nitrogens with one attached hydrogen (secondary N) is 1. The second-order valence-corrected chi connectivity index (χ2v) is 24.0. The van der Waals surface area contributed by atoms with Crippen molar-refractivity contribution >= 4 is 59.2 Å². The van der Waals surface area contributed by atoms with Gasteiger partial charge in [-0.05, 0) is 118 Å². The summed E-state index contributed by atoms with van der Waals surface area (Å²) in [4.78, 5) is 4.71. The third-order valence-electron chi connectivity index (χ3n) is 15.1. The Labute approximate surface area is 438 Å². The van der Waals surface area contributed by atoms with Gasteiger partial charge in [-0.2, -0.15) is 16.8 Å². The molecule has 5 aromatic carbocycles. The number of hydrogen-bond acceptors (Lipinski definition) is 7. The molecule has 0 saturated heterocycles. The lowest BCUT2D eigenvalue weighted by atomic mass is 9.69. The van der Waals surface area contributed by atoms with E-state index in [0.29, 0.717) is 44.7 Å². The Balaban J connectivity index is 1.19. The first-order chi connectivity index (χ1) is 35.3. The topological polar surface area (TPSA) is 127 Å². The fraction of sp³-hybridized carbons (Fsp3) is 0.270. The monoisotopic (exact) mass is 1030 g/mol. The molecule has 0 amide bonds. The molecular weight excluding hydrogens is 959 g/mol. The minimum absolute atomic E-state index is 0.252. The van der Waals surface area contributed by atoms with Crippen LogP contribution >= 0.6 is 0 Å². The standard InChI is InChI=1S/C63H67N3O6S2/c1-44-22-21-31-53-49(44)35-38-57-60(53)63(5,6)58(65(57)41-18-20-43-74(70,71)72)39-36-55-52-30-16-15-29-51(52)54(61(55)66(47-24-9-7-10-25-47)48-26-11-8-12-27-48)34-32-45(2)62(3,4)59-50-28-14-13-23-46(50)33-37-56(59)64-40-17-19-42-73(67,68)69/h7-16,21-39,44,49,64H,2,17-20,40-43H2,1,3-6H3,(H,67,68,69)(H,70,71,72)/b34-32+,55-36+,58-39+. The number of benzene rings is 5. The highest BCUT2D eigenvalue weighted by molar-refractivity contribution is 7.86. The molecule has 1 aliphatic heterocycles. The minimum Gasteiger partial charge on any atom is -0.385 e. The highest BCUT2D eigenvalue weighted by Crippen LogP contribution is 2.56. The van der Waals surface area contributed by atoms with Crippen molar-refractivity contribution in [1.29, 1.82) is 0 Å². The van der Waals surface area contributed by atoms with Crippen molar-refractivity contribution < 1.29 is 25.9 Å². The van der Waals surface area contributed by atoms with E-state index in [2.05, 4.69) is 201 Å². The van der Waals surface area contributed by atoms with Gasteiger partial charge in [0.1, 0.15) is 0 Å². The molecule has 0 fully saturated rings. The molecule has 3 N–H and O–H groups in total. The maximum absolute atomic E-state index is 11.9. The van der Waals surface area contributed by atoms with Crippen LogP contribution in [0.3, 0.4) is 0 Å². The number of allylic oxidation sites excluding steroid dienone is 14. The first-order valence-electron chi connectivity index (χ1n) is 25.7. The highest BCUT2D eigenvalue weighted by Gasteiger charge is 2.46. The van der Waals surface area contributed by atoms with Gasteiger partial charge in [0, 0.05) is 69.4 Å². The van der Waals surface area contributed by atoms with Crippen molar-refractivity contribution in [2.75, 3.05) is 34.8 Å². The summed E-state index contributed by atoms with van der Waals surface area (Å²) < 4.78 is 65.7. The smallest absolute Gasteiger partial charge is 0.264 e. The van der Waals surface area contributed by atoms with Gasteiger partial charge in [-0.15, -0.1) is 0 Å². The van der Waals surface area contributed by atoms with E-state index in [1.54, 1.807) is 0 Å². The number of hydrogen-bond donors (Lipinski definition) is 3. The lowest BCUT2D eigenvalue weighted by molar-refractivity contribution is 0.382. The van der Waals surface area contributed by atoms with Crippen LogP contribution in [-0.4, -0.2) is 55.4 Å². The van der Waals surface area contributed by atoms with Crippen molar-refractivity contribution in [3.05, 3.63) is 233 Å². The van der Waals surface area contributed by atoms with Crippen LogP contribution in [0.15, 0.2) is 216 Å². The Morgan fingerprint density at radius 1 is 0.770 bits per heavy atom. The molecule has 11 heteroatoms. The van der Waals surface area contributed by atoms with Crippen LogP contribution in [0, 0.1) is 17.3 Å². The second kappa shape index (κ2) is 21.2. The molecule has 5 aromatic rings. The van der Waals surface area contributed by atoms with E-state index in [-0.39, 0.29) is 17.4 Å². The zero-order chi connectivity index (χ0) is 52.4. The van der Waals surface area contributed by atoms with Crippen LogP contribution < -0.4 is 10.2 Å². The molecule has 1 heterocycles. The summed E-state index contributed by atoms with van der Waals surface area (Å²) in [5.41, 5.74) is 13.9. The van der Waals surface area contributed by atoms with E-state index in [1.165, 1.54) is 11.1 Å². The Morgan fingerprint density at radius 3 is 2.07 bits per heavy atom. The summed E-state index contributed by atoms with van der Waals surface area (Å²) in [7, 11) is -8.14. The predicted octanol–water partition coefficient (Wildman–Crippen LogP) is 14.4. The van der Waals surface area contributed by atoms with E-state index >= 15 is 0 Å². The molecular formula is C63H67N3O6S2. The molecule has 0 saturated carbocycles. The van der Waals surface area contributed by atoms with Gasteiger partial charge in [0.05, 0.1) is 17.2 Å². The van der Waals surface area contributed by atoms with Gasteiger partial charge in [0.25, 0.3) is 20.2 Å². The number of rotatable bonds is 19. The summed E-state index contributed by atoms with van der Waals surface area (Å²) in [6, 6.07) is 42.0. The SMILES string of the molecule is C=C(/C=C/C1=C(N(c2ccccc2)c2ccccc2)C(=C/C=C2/N(CCCCS(=O)(=O)O)C3=C(C4=CC=CC(C)C4C=C3)C2(C)C)/c2ccccc21)C(C)(C)c1c(NCCCCS(=O)(=O)O)ccc2ccccc12. The number of unbranched alkanes of at least 4 members (excludes halogenated alkanes) is 2. The van der Waals surface area contributed by atoms with Crippen molar-refractivity contribution in [1.82, 2.24) is 4.90 Å². The van der Waals surface area contributed by atoms with Crippen LogP contribution in [0.25, 0.3) is 21.9 Å². The van der Waals surface area contributed by atoms with Crippen LogP contribution in [0.1, 0.15) is 77.0 Å². The van der Waals surface area contributed by atoms with E-state index in [4.69, 9.17) is 6.58 Å². The van der Waals surface area contributed by atoms with Gasteiger partial charge in [-0.25, -0.2) is 0 Å². The van der Waals surface area contributed by atoms with Crippen molar-refractivity contribution in [2.45, 2.75) is 65.7 Å². The summed E-state index contributed by atoms with van der Waals surface area (Å²) in [6.45, 7) is 17.2.